The van der Waals surface area contributed by atoms with E-state index in [1.165, 1.54) is 13.3 Å². The Hall–Kier alpha value is -2.26. The smallest absolute Gasteiger partial charge is 0.237 e. The average Bonchev–Trinajstić information content (AvgIpc) is 3.11. The highest BCUT2D eigenvalue weighted by Gasteiger charge is 2.39. The molecule has 1 aromatic carbocycles. The van der Waals surface area contributed by atoms with Crippen LogP contribution in [0.1, 0.15) is 10.6 Å². The Kier molecular flexibility index (Phi) is 4.73. The Morgan fingerprint density at radius 2 is 2.07 bits per heavy atom. The highest BCUT2D eigenvalue weighted by Crippen LogP contribution is 2.36. The van der Waals surface area contributed by atoms with Crippen molar-refractivity contribution in [2.75, 3.05) is 25.6 Å². The topological polar surface area (TPSA) is 95.2 Å². The standard InChI is InChI=1S/C18H18ClN5O2S/c1-10-3-11(14-7-21-16(27-14)18(20)8-26-9-18)5-12(4-10)23-17-22-6-13(19)15(24-17)25-2/h3-7H,8-9,20H2,1-2H3,(H,22,23,24). The number of benzene rings is 1. The van der Waals surface area contributed by atoms with Gasteiger partial charge in [-0.3, -0.25) is 0 Å². The number of halogens is 1. The Morgan fingerprint density at radius 1 is 1.26 bits per heavy atom. The summed E-state index contributed by atoms with van der Waals surface area (Å²) in [7, 11) is 1.52. The summed E-state index contributed by atoms with van der Waals surface area (Å²) in [6, 6.07) is 6.14. The lowest BCUT2D eigenvalue weighted by Crippen LogP contribution is -2.54. The molecule has 3 aromatic rings. The molecule has 0 unspecified atom stereocenters. The summed E-state index contributed by atoms with van der Waals surface area (Å²) in [5.41, 5.74) is 8.84. The van der Waals surface area contributed by atoms with Gasteiger partial charge in [0, 0.05) is 11.9 Å². The maximum absolute atomic E-state index is 6.29. The number of aryl methyl sites for hydroxylation is 1. The number of hydrogen-bond donors (Lipinski definition) is 2. The van der Waals surface area contributed by atoms with E-state index in [4.69, 9.17) is 26.8 Å². The average molecular weight is 404 g/mol. The summed E-state index contributed by atoms with van der Waals surface area (Å²) < 4.78 is 10.4. The quantitative estimate of drug-likeness (QED) is 0.673. The molecule has 0 spiro atoms. The number of nitrogens with one attached hydrogen (secondary N) is 1. The van der Waals surface area contributed by atoms with Gasteiger partial charge in [-0.2, -0.15) is 4.98 Å². The molecule has 1 aliphatic heterocycles. The van der Waals surface area contributed by atoms with Crippen LogP contribution >= 0.6 is 22.9 Å². The molecule has 1 aliphatic rings. The summed E-state index contributed by atoms with van der Waals surface area (Å²) in [5, 5.41) is 4.45. The summed E-state index contributed by atoms with van der Waals surface area (Å²) in [5.74, 6) is 0.732. The molecular weight excluding hydrogens is 386 g/mol. The van der Waals surface area contributed by atoms with Gasteiger partial charge in [0.05, 0.1) is 31.4 Å². The van der Waals surface area contributed by atoms with Crippen molar-refractivity contribution in [2.24, 2.45) is 5.73 Å². The van der Waals surface area contributed by atoms with E-state index in [-0.39, 0.29) is 0 Å². The van der Waals surface area contributed by atoms with Gasteiger partial charge in [-0.05, 0) is 30.2 Å². The van der Waals surface area contributed by atoms with Crippen LogP contribution in [-0.4, -0.2) is 35.3 Å². The lowest BCUT2D eigenvalue weighted by atomic mass is 10.0. The van der Waals surface area contributed by atoms with E-state index in [0.717, 1.165) is 26.7 Å². The van der Waals surface area contributed by atoms with Gasteiger partial charge in [0.2, 0.25) is 11.8 Å². The van der Waals surface area contributed by atoms with Crippen molar-refractivity contribution in [1.82, 2.24) is 15.0 Å². The molecule has 2 aromatic heterocycles. The number of methoxy groups -OCH3 is 1. The summed E-state index contributed by atoms with van der Waals surface area (Å²) >= 11 is 7.57. The third-order valence-corrected chi connectivity index (χ3v) is 5.70. The third kappa shape index (κ3) is 3.61. The third-order valence-electron chi connectivity index (χ3n) is 4.17. The van der Waals surface area contributed by atoms with Crippen molar-refractivity contribution in [1.29, 1.82) is 0 Å². The fourth-order valence-corrected chi connectivity index (χ4v) is 3.91. The van der Waals surface area contributed by atoms with Crippen molar-refractivity contribution >= 4 is 34.6 Å². The van der Waals surface area contributed by atoms with Gasteiger partial charge in [-0.25, -0.2) is 9.97 Å². The highest BCUT2D eigenvalue weighted by molar-refractivity contribution is 7.15. The lowest BCUT2D eigenvalue weighted by Gasteiger charge is -2.35. The van der Waals surface area contributed by atoms with E-state index >= 15 is 0 Å². The van der Waals surface area contributed by atoms with Gasteiger partial charge in [0.15, 0.2) is 0 Å². The predicted octanol–water partition coefficient (Wildman–Crippen LogP) is 3.50. The number of thiazole rings is 1. The van der Waals surface area contributed by atoms with Crippen LogP contribution in [0.5, 0.6) is 5.88 Å². The molecule has 3 N–H and O–H groups in total. The number of nitrogens with two attached hydrogens (primary N) is 1. The first-order valence-electron chi connectivity index (χ1n) is 8.25. The Labute approximate surface area is 165 Å². The van der Waals surface area contributed by atoms with E-state index in [1.807, 2.05) is 25.3 Å². The molecule has 7 nitrogen and oxygen atoms in total. The SMILES string of the molecule is COc1nc(Nc2cc(C)cc(-c3cnc(C4(N)COC4)s3)c2)ncc1Cl. The molecule has 0 radical (unpaired) electrons. The molecule has 27 heavy (non-hydrogen) atoms. The first-order chi connectivity index (χ1) is 13.0. The zero-order valence-corrected chi connectivity index (χ0v) is 16.4. The number of rotatable bonds is 5. The van der Waals surface area contributed by atoms with E-state index in [2.05, 4.69) is 26.3 Å². The maximum Gasteiger partial charge on any atom is 0.237 e. The van der Waals surface area contributed by atoms with Crippen molar-refractivity contribution in [2.45, 2.75) is 12.5 Å². The van der Waals surface area contributed by atoms with Gasteiger partial charge in [-0.1, -0.05) is 17.7 Å². The van der Waals surface area contributed by atoms with Crippen molar-refractivity contribution < 1.29 is 9.47 Å². The van der Waals surface area contributed by atoms with Crippen LogP contribution < -0.4 is 15.8 Å². The van der Waals surface area contributed by atoms with Gasteiger partial charge in [-0.15, -0.1) is 11.3 Å². The molecule has 3 heterocycles. The molecule has 0 bridgehead atoms. The minimum Gasteiger partial charge on any atom is -0.480 e. The fourth-order valence-electron chi connectivity index (χ4n) is 2.76. The van der Waals surface area contributed by atoms with Crippen molar-refractivity contribution in [3.63, 3.8) is 0 Å². The zero-order chi connectivity index (χ0) is 19.0. The molecule has 1 fully saturated rings. The van der Waals surface area contributed by atoms with Crippen molar-refractivity contribution in [3.05, 3.63) is 46.2 Å². The molecule has 9 heteroatoms. The van der Waals surface area contributed by atoms with Crippen LogP contribution in [0.2, 0.25) is 5.02 Å². The van der Waals surface area contributed by atoms with Crippen LogP contribution in [0.4, 0.5) is 11.6 Å². The second-order valence-corrected chi connectivity index (χ2v) is 7.88. The van der Waals surface area contributed by atoms with Crippen LogP contribution in [0.25, 0.3) is 10.4 Å². The lowest BCUT2D eigenvalue weighted by molar-refractivity contribution is -0.0569. The van der Waals surface area contributed by atoms with Gasteiger partial charge in [0.1, 0.15) is 15.6 Å². The minimum atomic E-state index is -0.457. The summed E-state index contributed by atoms with van der Waals surface area (Å²) in [6.07, 6.45) is 3.36. The number of nitrogens with zero attached hydrogens (tertiary/aromatic N) is 3. The van der Waals surface area contributed by atoms with E-state index in [1.54, 1.807) is 11.3 Å². The molecule has 140 valence electrons. The molecule has 0 amide bonds. The Morgan fingerprint density at radius 3 is 2.78 bits per heavy atom. The van der Waals surface area contributed by atoms with Crippen LogP contribution in [0.15, 0.2) is 30.6 Å². The number of ether oxygens (including phenoxy) is 2. The second-order valence-electron chi connectivity index (χ2n) is 6.44. The maximum atomic E-state index is 6.29. The molecule has 0 aliphatic carbocycles. The predicted molar refractivity (Wildman–Crippen MR) is 106 cm³/mol. The zero-order valence-electron chi connectivity index (χ0n) is 14.8. The van der Waals surface area contributed by atoms with Gasteiger partial charge in [0.25, 0.3) is 0 Å². The van der Waals surface area contributed by atoms with Crippen molar-refractivity contribution in [3.8, 4) is 16.3 Å². The normalized spacial score (nSPS) is 15.3. The minimum absolute atomic E-state index is 0.324. The molecule has 4 rings (SSSR count). The molecular formula is C18H18ClN5O2S. The first kappa shape index (κ1) is 18.1. The number of anilines is 2. The largest absolute Gasteiger partial charge is 0.480 e. The van der Waals surface area contributed by atoms with Gasteiger partial charge < -0.3 is 20.5 Å². The summed E-state index contributed by atoms with van der Waals surface area (Å²) in [6.45, 7) is 3.05. The van der Waals surface area contributed by atoms with E-state index in [0.29, 0.717) is 30.1 Å². The summed E-state index contributed by atoms with van der Waals surface area (Å²) in [4.78, 5) is 14.0. The van der Waals surface area contributed by atoms with E-state index < -0.39 is 5.54 Å². The van der Waals surface area contributed by atoms with Crippen LogP contribution in [0, 0.1) is 6.92 Å². The molecule has 1 saturated heterocycles. The van der Waals surface area contributed by atoms with E-state index in [9.17, 15) is 0 Å². The Balaban J connectivity index is 1.62. The highest BCUT2D eigenvalue weighted by atomic mass is 35.5. The van der Waals surface area contributed by atoms with Gasteiger partial charge >= 0.3 is 0 Å². The molecule has 0 saturated carbocycles. The Bertz CT molecular complexity index is 990. The second kappa shape index (κ2) is 7.05. The number of aromatic nitrogens is 3. The molecule has 0 atom stereocenters. The number of hydrogen-bond acceptors (Lipinski definition) is 8. The fraction of sp³-hybridized carbons (Fsp3) is 0.278. The monoisotopic (exact) mass is 403 g/mol. The van der Waals surface area contributed by atoms with Crippen LogP contribution in [-0.2, 0) is 10.3 Å². The first-order valence-corrected chi connectivity index (χ1v) is 9.45. The van der Waals surface area contributed by atoms with Crippen LogP contribution in [0.3, 0.4) is 0 Å².